The molecule has 0 aliphatic rings. The van der Waals surface area contributed by atoms with Crippen LogP contribution in [0.3, 0.4) is 0 Å². The zero-order chi connectivity index (χ0) is 10.1. The van der Waals surface area contributed by atoms with E-state index < -0.39 is 5.97 Å². The molecule has 0 amide bonds. The van der Waals surface area contributed by atoms with Gasteiger partial charge < -0.3 is 5.11 Å². The molecule has 14 heavy (non-hydrogen) atoms. The van der Waals surface area contributed by atoms with E-state index in [0.717, 1.165) is 0 Å². The Bertz CT molecular complexity index is 475. The highest BCUT2D eigenvalue weighted by Gasteiger charge is 2.09. The topological polar surface area (TPSA) is 80.9 Å². The third-order valence-electron chi connectivity index (χ3n) is 1.54. The molecule has 0 saturated heterocycles. The molecule has 0 aliphatic carbocycles. The van der Waals surface area contributed by atoms with E-state index in [4.69, 9.17) is 5.11 Å². The van der Waals surface area contributed by atoms with Crippen LogP contribution in [0.5, 0.6) is 0 Å². The van der Waals surface area contributed by atoms with E-state index in [2.05, 4.69) is 14.3 Å². The number of carboxylic acids is 1. The van der Waals surface area contributed by atoms with Crippen LogP contribution in [0.15, 0.2) is 12.5 Å². The molecule has 0 aromatic carbocycles. The summed E-state index contributed by atoms with van der Waals surface area (Å²) >= 11 is 1.20. The number of carboxylic acid groups (broad SMARTS) is 1. The zero-order valence-corrected chi connectivity index (χ0v) is 8.02. The van der Waals surface area contributed by atoms with Crippen molar-refractivity contribution in [2.75, 3.05) is 0 Å². The highest BCUT2D eigenvalue weighted by molar-refractivity contribution is 7.08. The van der Waals surface area contributed by atoms with E-state index >= 15 is 0 Å². The molecule has 6 nitrogen and oxygen atoms in total. The van der Waals surface area contributed by atoms with Crippen LogP contribution < -0.4 is 0 Å². The summed E-state index contributed by atoms with van der Waals surface area (Å²) < 4.78 is 5.52. The van der Waals surface area contributed by atoms with Gasteiger partial charge in [0.1, 0.15) is 12.2 Å². The van der Waals surface area contributed by atoms with E-state index in [1.54, 1.807) is 6.92 Å². The minimum atomic E-state index is -1.05. The minimum Gasteiger partial charge on any atom is -0.476 e. The Morgan fingerprint density at radius 2 is 2.43 bits per heavy atom. The van der Waals surface area contributed by atoms with Gasteiger partial charge >= 0.3 is 5.97 Å². The highest BCUT2D eigenvalue weighted by atomic mass is 32.1. The number of hydrogen-bond acceptors (Lipinski definition) is 5. The molecule has 0 saturated carbocycles. The fourth-order valence-electron chi connectivity index (χ4n) is 0.929. The number of carbonyl (C=O) groups is 1. The van der Waals surface area contributed by atoms with Crippen molar-refractivity contribution in [3.8, 4) is 5.13 Å². The van der Waals surface area contributed by atoms with Crippen LogP contribution in [0, 0.1) is 6.92 Å². The van der Waals surface area contributed by atoms with Gasteiger partial charge in [0, 0.05) is 17.7 Å². The molecular weight excluding hydrogens is 204 g/mol. The van der Waals surface area contributed by atoms with Gasteiger partial charge in [0.25, 0.3) is 0 Å². The average molecular weight is 210 g/mol. The molecule has 2 aromatic rings. The van der Waals surface area contributed by atoms with Crippen LogP contribution in [0.2, 0.25) is 0 Å². The summed E-state index contributed by atoms with van der Waals surface area (Å²) in [6.07, 6.45) is 2.81. The molecule has 0 fully saturated rings. The Labute approximate surface area is 83.0 Å². The lowest BCUT2D eigenvalue weighted by Gasteiger charge is -1.90. The van der Waals surface area contributed by atoms with E-state index in [1.807, 2.05) is 0 Å². The van der Waals surface area contributed by atoms with E-state index in [1.165, 1.54) is 28.6 Å². The lowest BCUT2D eigenvalue weighted by molar-refractivity contribution is 0.0691. The van der Waals surface area contributed by atoms with Gasteiger partial charge in [-0.2, -0.15) is 4.37 Å². The maximum atomic E-state index is 10.5. The molecule has 2 aromatic heterocycles. The first-order valence-corrected chi connectivity index (χ1v) is 4.52. The third-order valence-corrected chi connectivity index (χ3v) is 2.36. The molecule has 0 radical (unpaired) electrons. The summed E-state index contributed by atoms with van der Waals surface area (Å²) in [4.78, 5) is 18.3. The van der Waals surface area contributed by atoms with Gasteiger partial charge in [0.05, 0.1) is 0 Å². The molecule has 7 heteroatoms. The second kappa shape index (κ2) is 3.18. The van der Waals surface area contributed by atoms with Crippen LogP contribution in [-0.4, -0.2) is 30.0 Å². The molecule has 0 atom stereocenters. The number of aromatic carboxylic acids is 1. The standard InChI is InChI=1S/C7H6N4O2S/c1-4-9-7(14-10-4)11-2-5(6(12)13)8-3-11/h2-3H,1H3,(H,12,13). The average Bonchev–Trinajstić information content (AvgIpc) is 2.70. The predicted molar refractivity (Wildman–Crippen MR) is 48.7 cm³/mol. The van der Waals surface area contributed by atoms with Crippen molar-refractivity contribution >= 4 is 17.5 Å². The second-order valence-corrected chi connectivity index (χ2v) is 3.33. The molecule has 2 rings (SSSR count). The van der Waals surface area contributed by atoms with Gasteiger partial charge in [-0.3, -0.25) is 4.57 Å². The Kier molecular flexibility index (Phi) is 2.01. The number of nitrogens with zero attached hydrogens (tertiary/aromatic N) is 4. The summed E-state index contributed by atoms with van der Waals surface area (Å²) in [6, 6.07) is 0. The van der Waals surface area contributed by atoms with Crippen LogP contribution in [0.25, 0.3) is 5.13 Å². The molecule has 0 unspecified atom stereocenters. The first-order chi connectivity index (χ1) is 6.66. The van der Waals surface area contributed by atoms with E-state index in [0.29, 0.717) is 11.0 Å². The first kappa shape index (κ1) is 8.82. The van der Waals surface area contributed by atoms with Gasteiger partial charge in [0.2, 0.25) is 5.13 Å². The molecular formula is C7H6N4O2S. The normalized spacial score (nSPS) is 10.4. The number of aromatic nitrogens is 4. The van der Waals surface area contributed by atoms with E-state index in [-0.39, 0.29) is 5.69 Å². The van der Waals surface area contributed by atoms with Crippen molar-refractivity contribution in [2.45, 2.75) is 6.92 Å². The molecule has 0 bridgehead atoms. The maximum Gasteiger partial charge on any atom is 0.356 e. The lowest BCUT2D eigenvalue weighted by Crippen LogP contribution is -1.95. The number of hydrogen-bond donors (Lipinski definition) is 1. The van der Waals surface area contributed by atoms with Crippen molar-refractivity contribution in [3.05, 3.63) is 24.0 Å². The van der Waals surface area contributed by atoms with Gasteiger partial charge in [-0.05, 0) is 6.92 Å². The molecule has 1 N–H and O–H groups in total. The van der Waals surface area contributed by atoms with Crippen molar-refractivity contribution in [2.24, 2.45) is 0 Å². The second-order valence-electron chi connectivity index (χ2n) is 2.60. The monoisotopic (exact) mass is 210 g/mol. The summed E-state index contributed by atoms with van der Waals surface area (Å²) in [5.41, 5.74) is -0.00199. The number of rotatable bonds is 2. The highest BCUT2D eigenvalue weighted by Crippen LogP contribution is 2.10. The summed E-state index contributed by atoms with van der Waals surface area (Å²) in [7, 11) is 0. The number of aryl methyl sites for hydroxylation is 1. The Balaban J connectivity index is 2.38. The fourth-order valence-corrected chi connectivity index (χ4v) is 1.55. The van der Waals surface area contributed by atoms with Crippen LogP contribution in [0.4, 0.5) is 0 Å². The van der Waals surface area contributed by atoms with Crippen molar-refractivity contribution in [1.82, 2.24) is 18.9 Å². The number of imidazole rings is 1. The van der Waals surface area contributed by atoms with Crippen molar-refractivity contribution in [1.29, 1.82) is 0 Å². The van der Waals surface area contributed by atoms with Gasteiger partial charge in [-0.1, -0.05) is 0 Å². The van der Waals surface area contributed by atoms with Crippen LogP contribution in [-0.2, 0) is 0 Å². The Morgan fingerprint density at radius 3 is 2.93 bits per heavy atom. The summed E-state index contributed by atoms with van der Waals surface area (Å²) in [5.74, 6) is -0.388. The van der Waals surface area contributed by atoms with Gasteiger partial charge in [-0.25, -0.2) is 14.8 Å². The minimum absolute atomic E-state index is 0.00199. The van der Waals surface area contributed by atoms with Crippen molar-refractivity contribution in [3.63, 3.8) is 0 Å². The predicted octanol–water partition coefficient (Wildman–Crippen LogP) is 0.730. The quantitative estimate of drug-likeness (QED) is 0.790. The molecule has 0 aliphatic heterocycles. The van der Waals surface area contributed by atoms with Crippen molar-refractivity contribution < 1.29 is 9.90 Å². The zero-order valence-electron chi connectivity index (χ0n) is 7.21. The van der Waals surface area contributed by atoms with Crippen LogP contribution in [0.1, 0.15) is 16.3 Å². The summed E-state index contributed by atoms with van der Waals surface area (Å²) in [6.45, 7) is 1.77. The SMILES string of the molecule is Cc1nsc(-n2cnc(C(=O)O)c2)n1. The van der Waals surface area contributed by atoms with Gasteiger partial charge in [-0.15, -0.1) is 0 Å². The lowest BCUT2D eigenvalue weighted by atomic mass is 10.5. The molecule has 0 spiro atoms. The Hall–Kier alpha value is -1.76. The van der Waals surface area contributed by atoms with Gasteiger partial charge in [0.15, 0.2) is 5.69 Å². The largest absolute Gasteiger partial charge is 0.476 e. The van der Waals surface area contributed by atoms with Crippen LogP contribution >= 0.6 is 11.5 Å². The maximum absolute atomic E-state index is 10.5. The molecule has 2 heterocycles. The summed E-state index contributed by atoms with van der Waals surface area (Å²) in [5, 5.41) is 9.26. The smallest absolute Gasteiger partial charge is 0.356 e. The molecule has 72 valence electrons. The van der Waals surface area contributed by atoms with E-state index in [9.17, 15) is 4.79 Å². The Morgan fingerprint density at radius 1 is 1.64 bits per heavy atom. The first-order valence-electron chi connectivity index (χ1n) is 3.75. The third kappa shape index (κ3) is 1.49. The fraction of sp³-hybridized carbons (Fsp3) is 0.143.